The number of benzene rings is 2. The van der Waals surface area contributed by atoms with Crippen LogP contribution in [0.4, 0.5) is 0 Å². The van der Waals surface area contributed by atoms with Gasteiger partial charge in [0.15, 0.2) is 5.78 Å². The lowest BCUT2D eigenvalue weighted by Gasteiger charge is -2.14. The molecule has 0 radical (unpaired) electrons. The van der Waals surface area contributed by atoms with Crippen LogP contribution in [0.2, 0.25) is 0 Å². The van der Waals surface area contributed by atoms with Crippen LogP contribution in [0.5, 0.6) is 17.2 Å². The van der Waals surface area contributed by atoms with E-state index in [0.717, 1.165) is 60.5 Å². The second-order valence-electron chi connectivity index (χ2n) is 7.61. The Morgan fingerprint density at radius 1 is 0.806 bits per heavy atom. The molecule has 2 aromatic rings. The van der Waals surface area contributed by atoms with Crippen LogP contribution in [0.3, 0.4) is 0 Å². The molecule has 4 nitrogen and oxygen atoms in total. The molecule has 0 saturated carbocycles. The van der Waals surface area contributed by atoms with Crippen molar-refractivity contribution in [2.75, 3.05) is 19.8 Å². The molecule has 0 N–H and O–H groups in total. The van der Waals surface area contributed by atoms with Crippen LogP contribution in [0.15, 0.2) is 42.5 Å². The summed E-state index contributed by atoms with van der Waals surface area (Å²) in [6, 6.07) is 11.2. The average Bonchev–Trinajstić information content (AvgIpc) is 2.79. The van der Waals surface area contributed by atoms with Crippen LogP contribution in [0.1, 0.15) is 74.4 Å². The molecule has 2 aromatic carbocycles. The highest BCUT2D eigenvalue weighted by molar-refractivity contribution is 6.07. The van der Waals surface area contributed by atoms with E-state index < -0.39 is 0 Å². The summed E-state index contributed by atoms with van der Waals surface area (Å²) in [6.07, 6.45) is 8.57. The quantitative estimate of drug-likeness (QED) is 0.185. The molecule has 0 spiro atoms. The summed E-state index contributed by atoms with van der Waals surface area (Å²) in [5.74, 6) is 2.32. The predicted molar refractivity (Wildman–Crippen MR) is 128 cm³/mol. The molecule has 0 unspecified atom stereocenters. The number of rotatable bonds is 14. The van der Waals surface area contributed by atoms with E-state index in [1.165, 1.54) is 0 Å². The van der Waals surface area contributed by atoms with E-state index in [0.29, 0.717) is 25.4 Å². The van der Waals surface area contributed by atoms with Crippen LogP contribution in [-0.4, -0.2) is 25.6 Å². The molecule has 0 amide bonds. The lowest BCUT2D eigenvalue weighted by Crippen LogP contribution is -2.02. The Morgan fingerprint density at radius 3 is 2.10 bits per heavy atom. The van der Waals surface area contributed by atoms with Gasteiger partial charge in [-0.2, -0.15) is 0 Å². The maximum absolute atomic E-state index is 12.7. The van der Waals surface area contributed by atoms with E-state index in [4.69, 9.17) is 14.2 Å². The van der Waals surface area contributed by atoms with Gasteiger partial charge in [0, 0.05) is 11.6 Å². The van der Waals surface area contributed by atoms with Crippen molar-refractivity contribution in [1.29, 1.82) is 0 Å². The molecule has 168 valence electrons. The van der Waals surface area contributed by atoms with Gasteiger partial charge in [0.1, 0.15) is 17.2 Å². The van der Waals surface area contributed by atoms with Crippen LogP contribution in [-0.2, 0) is 0 Å². The third-order valence-corrected chi connectivity index (χ3v) is 4.92. The monoisotopic (exact) mass is 424 g/mol. The van der Waals surface area contributed by atoms with E-state index in [9.17, 15) is 4.79 Å². The predicted octanol–water partition coefficient (Wildman–Crippen LogP) is 7.04. The van der Waals surface area contributed by atoms with Crippen molar-refractivity contribution in [1.82, 2.24) is 0 Å². The maximum atomic E-state index is 12.7. The zero-order valence-corrected chi connectivity index (χ0v) is 19.4. The second-order valence-corrected chi connectivity index (χ2v) is 7.61. The first kappa shape index (κ1) is 24.5. The van der Waals surface area contributed by atoms with Crippen molar-refractivity contribution >= 4 is 11.9 Å². The Hall–Kier alpha value is -2.75. The number of hydrogen-bond acceptors (Lipinski definition) is 4. The zero-order chi connectivity index (χ0) is 22.5. The van der Waals surface area contributed by atoms with Crippen molar-refractivity contribution < 1.29 is 19.0 Å². The summed E-state index contributed by atoms with van der Waals surface area (Å²) in [5.41, 5.74) is 2.57. The van der Waals surface area contributed by atoms with Gasteiger partial charge in [-0.25, -0.2) is 0 Å². The first-order valence-electron chi connectivity index (χ1n) is 11.4. The molecule has 0 fully saturated rings. The van der Waals surface area contributed by atoms with E-state index in [1.54, 1.807) is 18.2 Å². The lowest BCUT2D eigenvalue weighted by atomic mass is 10.0. The molecular formula is C27H36O4. The molecule has 0 bridgehead atoms. The second kappa shape index (κ2) is 13.5. The first-order chi connectivity index (χ1) is 15.1. The fourth-order valence-electron chi connectivity index (χ4n) is 2.95. The van der Waals surface area contributed by atoms with Gasteiger partial charge in [-0.05, 0) is 73.7 Å². The number of hydrogen-bond donors (Lipinski definition) is 0. The number of carbonyl (C=O) groups excluding carboxylic acids is 1. The Bertz CT molecular complexity index is 837. The number of unbranched alkanes of at least 4 members (excludes halogenated alkanes) is 2. The van der Waals surface area contributed by atoms with E-state index in [-0.39, 0.29) is 5.78 Å². The van der Waals surface area contributed by atoms with E-state index >= 15 is 0 Å². The molecule has 0 aliphatic rings. The Balaban J connectivity index is 2.17. The van der Waals surface area contributed by atoms with Gasteiger partial charge in [-0.3, -0.25) is 4.79 Å². The molecule has 31 heavy (non-hydrogen) atoms. The molecule has 0 atom stereocenters. The van der Waals surface area contributed by atoms with Crippen molar-refractivity contribution in [3.8, 4) is 17.2 Å². The summed E-state index contributed by atoms with van der Waals surface area (Å²) < 4.78 is 17.5. The van der Waals surface area contributed by atoms with Crippen molar-refractivity contribution in [3.63, 3.8) is 0 Å². The van der Waals surface area contributed by atoms with Crippen LogP contribution < -0.4 is 14.2 Å². The van der Waals surface area contributed by atoms with Gasteiger partial charge < -0.3 is 14.2 Å². The standard InChI is InChI=1S/C27H36O4/c1-5-8-17-30-25-19-23(21(4)27(20-25)31-18-9-6-2)12-15-26(28)22-10-13-24(14-11-22)29-16-7-3/h10-15,19-20H,5-9,16-18H2,1-4H3/b15-12+. The largest absolute Gasteiger partial charge is 0.494 e. The number of allylic oxidation sites excluding steroid dienone is 1. The third-order valence-electron chi connectivity index (χ3n) is 4.92. The normalized spacial score (nSPS) is 11.0. The fraction of sp³-hybridized carbons (Fsp3) is 0.444. The Morgan fingerprint density at radius 2 is 1.45 bits per heavy atom. The van der Waals surface area contributed by atoms with E-state index in [1.807, 2.05) is 37.3 Å². The molecule has 0 heterocycles. The van der Waals surface area contributed by atoms with Crippen LogP contribution in [0, 0.1) is 6.92 Å². The van der Waals surface area contributed by atoms with Gasteiger partial charge in [0.25, 0.3) is 0 Å². The minimum absolute atomic E-state index is 0.0489. The highest BCUT2D eigenvalue weighted by Crippen LogP contribution is 2.30. The summed E-state index contributed by atoms with van der Waals surface area (Å²) in [7, 11) is 0. The summed E-state index contributed by atoms with van der Waals surface area (Å²) in [6.45, 7) is 10.4. The SMILES string of the molecule is CCCCOc1cc(/C=C/C(=O)c2ccc(OCCC)cc2)c(C)c(OCCCC)c1. The van der Waals surface area contributed by atoms with Crippen molar-refractivity contribution in [2.45, 2.75) is 59.8 Å². The van der Waals surface area contributed by atoms with Crippen LogP contribution in [0.25, 0.3) is 6.08 Å². The molecule has 4 heteroatoms. The zero-order valence-electron chi connectivity index (χ0n) is 19.4. The molecule has 0 aromatic heterocycles. The number of ether oxygens (including phenoxy) is 3. The summed E-state index contributed by atoms with van der Waals surface area (Å²) in [5, 5.41) is 0. The summed E-state index contributed by atoms with van der Waals surface area (Å²) in [4.78, 5) is 12.7. The Labute approximate surface area is 187 Å². The number of ketones is 1. The van der Waals surface area contributed by atoms with Gasteiger partial charge in [-0.1, -0.05) is 39.7 Å². The molecule has 0 saturated heterocycles. The van der Waals surface area contributed by atoms with Crippen molar-refractivity contribution in [3.05, 3.63) is 59.2 Å². The molecule has 2 rings (SSSR count). The average molecular weight is 425 g/mol. The topological polar surface area (TPSA) is 44.8 Å². The third kappa shape index (κ3) is 8.12. The van der Waals surface area contributed by atoms with Gasteiger partial charge >= 0.3 is 0 Å². The van der Waals surface area contributed by atoms with Crippen molar-refractivity contribution in [2.24, 2.45) is 0 Å². The Kier molecular flexibility index (Phi) is 10.7. The highest BCUT2D eigenvalue weighted by atomic mass is 16.5. The highest BCUT2D eigenvalue weighted by Gasteiger charge is 2.09. The maximum Gasteiger partial charge on any atom is 0.185 e. The molecular weight excluding hydrogens is 388 g/mol. The van der Waals surface area contributed by atoms with E-state index in [2.05, 4.69) is 20.8 Å². The molecule has 0 aliphatic heterocycles. The minimum atomic E-state index is -0.0489. The van der Waals surface area contributed by atoms with Gasteiger partial charge in [0.2, 0.25) is 0 Å². The number of carbonyl (C=O) groups is 1. The lowest BCUT2D eigenvalue weighted by molar-refractivity contribution is 0.104. The first-order valence-corrected chi connectivity index (χ1v) is 11.4. The summed E-state index contributed by atoms with van der Waals surface area (Å²) >= 11 is 0. The van der Waals surface area contributed by atoms with Gasteiger partial charge in [0.05, 0.1) is 19.8 Å². The fourth-order valence-corrected chi connectivity index (χ4v) is 2.95. The van der Waals surface area contributed by atoms with Gasteiger partial charge in [-0.15, -0.1) is 0 Å². The minimum Gasteiger partial charge on any atom is -0.494 e. The van der Waals surface area contributed by atoms with Crippen LogP contribution >= 0.6 is 0 Å². The smallest absolute Gasteiger partial charge is 0.185 e. The molecule has 0 aliphatic carbocycles.